The van der Waals surface area contributed by atoms with Crippen molar-refractivity contribution in [3.8, 4) is 0 Å². The quantitative estimate of drug-likeness (QED) is 0.587. The lowest BCUT2D eigenvalue weighted by atomic mass is 9.88. The number of aliphatic hydroxyl groups is 2. The van der Waals surface area contributed by atoms with E-state index in [0.717, 1.165) is 19.5 Å². The standard InChI is InChI=1S/C11H25NO3/c1-4-11(2,10-14)9-12(5-7-13)6-8-15-3/h13-14H,4-10H2,1-3H3. The normalized spacial score (nSPS) is 15.6. The molecule has 4 heteroatoms. The van der Waals surface area contributed by atoms with Crippen LogP contribution in [0, 0.1) is 5.41 Å². The van der Waals surface area contributed by atoms with E-state index in [1.807, 2.05) is 0 Å². The van der Waals surface area contributed by atoms with E-state index in [4.69, 9.17) is 9.84 Å². The van der Waals surface area contributed by atoms with Crippen LogP contribution in [-0.2, 0) is 4.74 Å². The van der Waals surface area contributed by atoms with Crippen LogP contribution in [0.2, 0.25) is 0 Å². The van der Waals surface area contributed by atoms with Gasteiger partial charge in [-0.25, -0.2) is 0 Å². The minimum absolute atomic E-state index is 0.0804. The Kier molecular flexibility index (Phi) is 7.96. The van der Waals surface area contributed by atoms with E-state index in [9.17, 15) is 5.11 Å². The molecule has 0 saturated carbocycles. The molecule has 0 aromatic carbocycles. The number of nitrogens with zero attached hydrogens (tertiary/aromatic N) is 1. The molecule has 0 heterocycles. The van der Waals surface area contributed by atoms with E-state index in [-0.39, 0.29) is 18.6 Å². The predicted molar refractivity (Wildman–Crippen MR) is 60.9 cm³/mol. The third-order valence-electron chi connectivity index (χ3n) is 2.87. The Morgan fingerprint density at radius 1 is 1.27 bits per heavy atom. The molecule has 0 saturated heterocycles. The van der Waals surface area contributed by atoms with Crippen molar-refractivity contribution in [2.24, 2.45) is 5.41 Å². The van der Waals surface area contributed by atoms with E-state index in [0.29, 0.717) is 13.2 Å². The van der Waals surface area contributed by atoms with Crippen LogP contribution in [0.5, 0.6) is 0 Å². The fourth-order valence-corrected chi connectivity index (χ4v) is 1.45. The van der Waals surface area contributed by atoms with Gasteiger partial charge in [-0.15, -0.1) is 0 Å². The van der Waals surface area contributed by atoms with Crippen molar-refractivity contribution in [2.45, 2.75) is 20.3 Å². The molecule has 0 bridgehead atoms. The lowest BCUT2D eigenvalue weighted by Gasteiger charge is -2.33. The van der Waals surface area contributed by atoms with Gasteiger partial charge in [0, 0.05) is 38.8 Å². The smallest absolute Gasteiger partial charge is 0.0589 e. The zero-order valence-electron chi connectivity index (χ0n) is 10.2. The Labute approximate surface area is 92.9 Å². The van der Waals surface area contributed by atoms with E-state index >= 15 is 0 Å². The highest BCUT2D eigenvalue weighted by molar-refractivity contribution is 4.76. The maximum absolute atomic E-state index is 9.31. The van der Waals surface area contributed by atoms with Crippen molar-refractivity contribution in [3.05, 3.63) is 0 Å². The van der Waals surface area contributed by atoms with Gasteiger partial charge in [0.25, 0.3) is 0 Å². The summed E-state index contributed by atoms with van der Waals surface area (Å²) < 4.78 is 5.01. The Hall–Kier alpha value is -0.160. The van der Waals surface area contributed by atoms with Crippen LogP contribution in [0.1, 0.15) is 20.3 Å². The lowest BCUT2D eigenvalue weighted by Crippen LogP contribution is -2.41. The summed E-state index contributed by atoms with van der Waals surface area (Å²) in [5.74, 6) is 0. The van der Waals surface area contributed by atoms with E-state index in [2.05, 4.69) is 18.7 Å². The highest BCUT2D eigenvalue weighted by atomic mass is 16.5. The predicted octanol–water partition coefficient (Wildman–Crippen LogP) is 0.336. The third-order valence-corrected chi connectivity index (χ3v) is 2.87. The van der Waals surface area contributed by atoms with Crippen molar-refractivity contribution >= 4 is 0 Å². The average Bonchev–Trinajstić information content (AvgIpc) is 2.26. The molecule has 4 nitrogen and oxygen atoms in total. The molecular formula is C11H25NO3. The van der Waals surface area contributed by atoms with Crippen LogP contribution >= 0.6 is 0 Å². The van der Waals surface area contributed by atoms with Crippen molar-refractivity contribution < 1.29 is 14.9 Å². The van der Waals surface area contributed by atoms with Crippen LogP contribution in [0.4, 0.5) is 0 Å². The van der Waals surface area contributed by atoms with Gasteiger partial charge in [0.1, 0.15) is 0 Å². The molecular weight excluding hydrogens is 194 g/mol. The van der Waals surface area contributed by atoms with Gasteiger partial charge in [0.2, 0.25) is 0 Å². The van der Waals surface area contributed by atoms with Crippen molar-refractivity contribution in [1.82, 2.24) is 4.90 Å². The first-order chi connectivity index (χ1) is 7.11. The summed E-state index contributed by atoms with van der Waals surface area (Å²) in [4.78, 5) is 2.13. The van der Waals surface area contributed by atoms with Gasteiger partial charge >= 0.3 is 0 Å². The maximum Gasteiger partial charge on any atom is 0.0589 e. The highest BCUT2D eigenvalue weighted by Crippen LogP contribution is 2.21. The van der Waals surface area contributed by atoms with Gasteiger partial charge in [0.05, 0.1) is 13.2 Å². The monoisotopic (exact) mass is 219 g/mol. The first kappa shape index (κ1) is 14.8. The second-order valence-electron chi connectivity index (χ2n) is 4.31. The molecule has 0 amide bonds. The summed E-state index contributed by atoms with van der Waals surface area (Å²) in [5.41, 5.74) is -0.0804. The molecule has 0 fully saturated rings. The number of ether oxygens (including phenoxy) is 1. The molecule has 1 unspecified atom stereocenters. The maximum atomic E-state index is 9.31. The summed E-state index contributed by atoms with van der Waals surface area (Å²) in [6.07, 6.45) is 0.929. The average molecular weight is 219 g/mol. The minimum atomic E-state index is -0.0804. The van der Waals surface area contributed by atoms with Gasteiger partial charge in [-0.3, -0.25) is 4.90 Å². The Bertz CT molecular complexity index is 149. The molecule has 0 radical (unpaired) electrons. The van der Waals surface area contributed by atoms with Gasteiger partial charge in [-0.05, 0) is 6.42 Å². The fraction of sp³-hybridized carbons (Fsp3) is 1.00. The van der Waals surface area contributed by atoms with E-state index < -0.39 is 0 Å². The van der Waals surface area contributed by atoms with Crippen molar-refractivity contribution in [3.63, 3.8) is 0 Å². The fourth-order valence-electron chi connectivity index (χ4n) is 1.45. The summed E-state index contributed by atoms with van der Waals surface area (Å²) in [6.45, 7) is 7.35. The molecule has 15 heavy (non-hydrogen) atoms. The first-order valence-electron chi connectivity index (χ1n) is 5.55. The molecule has 0 rings (SSSR count). The SMILES string of the molecule is CCC(C)(CO)CN(CCO)CCOC. The molecule has 2 N–H and O–H groups in total. The topological polar surface area (TPSA) is 52.9 Å². The van der Waals surface area contributed by atoms with Gasteiger partial charge in [-0.1, -0.05) is 13.8 Å². The molecule has 0 aliphatic rings. The Morgan fingerprint density at radius 2 is 1.93 bits per heavy atom. The lowest BCUT2D eigenvalue weighted by molar-refractivity contribution is 0.0593. The number of hydrogen-bond donors (Lipinski definition) is 2. The van der Waals surface area contributed by atoms with Gasteiger partial charge in [-0.2, -0.15) is 0 Å². The number of methoxy groups -OCH3 is 1. The molecule has 0 aromatic heterocycles. The zero-order valence-corrected chi connectivity index (χ0v) is 10.2. The summed E-state index contributed by atoms with van der Waals surface area (Å²) >= 11 is 0. The van der Waals surface area contributed by atoms with Crippen LogP contribution < -0.4 is 0 Å². The van der Waals surface area contributed by atoms with Gasteiger partial charge in [0.15, 0.2) is 0 Å². The van der Waals surface area contributed by atoms with Crippen LogP contribution in [0.25, 0.3) is 0 Å². The Balaban J connectivity index is 4.11. The van der Waals surface area contributed by atoms with Gasteiger partial charge < -0.3 is 14.9 Å². The molecule has 92 valence electrons. The van der Waals surface area contributed by atoms with Crippen LogP contribution in [0.3, 0.4) is 0 Å². The van der Waals surface area contributed by atoms with E-state index in [1.165, 1.54) is 0 Å². The number of aliphatic hydroxyl groups excluding tert-OH is 2. The zero-order chi connectivity index (χ0) is 11.7. The van der Waals surface area contributed by atoms with Crippen molar-refractivity contribution in [2.75, 3.05) is 46.6 Å². The molecule has 0 aliphatic heterocycles. The second kappa shape index (κ2) is 8.05. The molecule has 0 aliphatic carbocycles. The first-order valence-corrected chi connectivity index (χ1v) is 5.55. The summed E-state index contributed by atoms with van der Waals surface area (Å²) in [7, 11) is 1.67. The molecule has 0 spiro atoms. The third kappa shape index (κ3) is 6.10. The Morgan fingerprint density at radius 3 is 2.33 bits per heavy atom. The number of rotatable bonds is 9. The summed E-state index contributed by atoms with van der Waals surface area (Å²) in [6, 6.07) is 0. The van der Waals surface area contributed by atoms with Crippen molar-refractivity contribution in [1.29, 1.82) is 0 Å². The van der Waals surface area contributed by atoms with E-state index in [1.54, 1.807) is 7.11 Å². The highest BCUT2D eigenvalue weighted by Gasteiger charge is 2.24. The molecule has 1 atom stereocenters. The molecule has 0 aromatic rings. The van der Waals surface area contributed by atoms with Crippen LogP contribution in [-0.4, -0.2) is 61.7 Å². The minimum Gasteiger partial charge on any atom is -0.396 e. The second-order valence-corrected chi connectivity index (χ2v) is 4.31. The number of hydrogen-bond acceptors (Lipinski definition) is 4. The summed E-state index contributed by atoms with van der Waals surface area (Å²) in [5, 5.41) is 18.2. The van der Waals surface area contributed by atoms with Crippen LogP contribution in [0.15, 0.2) is 0 Å². The largest absolute Gasteiger partial charge is 0.396 e.